The number of ether oxygens (including phenoxy) is 1. The van der Waals surface area contributed by atoms with Gasteiger partial charge in [-0.15, -0.1) is 0 Å². The number of hydrogen-bond donors (Lipinski definition) is 0. The molecule has 0 aromatic rings. The van der Waals surface area contributed by atoms with Gasteiger partial charge < -0.3 is 4.74 Å². The van der Waals surface area contributed by atoms with Gasteiger partial charge in [0.15, 0.2) is 0 Å². The van der Waals surface area contributed by atoms with Crippen molar-refractivity contribution < 1.29 is 9.53 Å². The van der Waals surface area contributed by atoms with Crippen molar-refractivity contribution in [2.75, 3.05) is 0 Å². The van der Waals surface area contributed by atoms with E-state index < -0.39 is 0 Å². The Hall–Kier alpha value is -1.05. The smallest absolute Gasteiger partial charge is 0.307 e. The number of hydrogen-bond acceptors (Lipinski definition) is 2. The highest BCUT2D eigenvalue weighted by molar-refractivity contribution is 5.67. The molecule has 0 saturated carbocycles. The van der Waals surface area contributed by atoms with Crippen molar-refractivity contribution >= 4 is 5.97 Å². The standard InChI is InChI=1S/C11H16O2/c1-8(2)10-6-4-5-7-11(10)13-9(3)12/h1,4-7H2,2-3H3. The Morgan fingerprint density at radius 1 is 1.31 bits per heavy atom. The maximum absolute atomic E-state index is 10.8. The molecule has 2 nitrogen and oxygen atoms in total. The van der Waals surface area contributed by atoms with Crippen LogP contribution in [0.4, 0.5) is 0 Å². The molecule has 0 aromatic carbocycles. The fourth-order valence-corrected chi connectivity index (χ4v) is 1.62. The van der Waals surface area contributed by atoms with Crippen LogP contribution in [0, 0.1) is 0 Å². The first kappa shape index (κ1) is 10.0. The van der Waals surface area contributed by atoms with Crippen LogP contribution in [0.3, 0.4) is 0 Å². The van der Waals surface area contributed by atoms with Crippen molar-refractivity contribution in [1.29, 1.82) is 0 Å². The molecule has 0 saturated heterocycles. The summed E-state index contributed by atoms with van der Waals surface area (Å²) in [7, 11) is 0. The van der Waals surface area contributed by atoms with Crippen molar-refractivity contribution in [2.24, 2.45) is 0 Å². The van der Waals surface area contributed by atoms with E-state index in [9.17, 15) is 4.79 Å². The zero-order chi connectivity index (χ0) is 9.84. The molecular weight excluding hydrogens is 164 g/mol. The Balaban J connectivity index is 2.83. The third kappa shape index (κ3) is 2.72. The number of esters is 1. The predicted molar refractivity (Wildman–Crippen MR) is 52.1 cm³/mol. The fourth-order valence-electron chi connectivity index (χ4n) is 1.62. The number of allylic oxidation sites excluding steroid dienone is 3. The lowest BCUT2D eigenvalue weighted by atomic mass is 9.93. The second kappa shape index (κ2) is 4.26. The van der Waals surface area contributed by atoms with E-state index in [0.717, 1.165) is 36.2 Å². The molecule has 0 amide bonds. The first-order valence-corrected chi connectivity index (χ1v) is 4.67. The topological polar surface area (TPSA) is 26.3 Å². The summed E-state index contributed by atoms with van der Waals surface area (Å²) in [6.07, 6.45) is 4.16. The Morgan fingerprint density at radius 2 is 1.92 bits per heavy atom. The molecule has 1 rings (SSSR count). The van der Waals surface area contributed by atoms with Gasteiger partial charge in [0.25, 0.3) is 0 Å². The molecule has 0 heterocycles. The number of rotatable bonds is 2. The Labute approximate surface area is 79.3 Å². The molecule has 0 N–H and O–H groups in total. The average Bonchev–Trinajstić information content (AvgIpc) is 2.03. The van der Waals surface area contributed by atoms with Crippen LogP contribution >= 0.6 is 0 Å². The van der Waals surface area contributed by atoms with Gasteiger partial charge in [-0.05, 0) is 31.8 Å². The highest BCUT2D eigenvalue weighted by Gasteiger charge is 2.15. The van der Waals surface area contributed by atoms with Crippen LogP contribution in [-0.4, -0.2) is 5.97 Å². The van der Waals surface area contributed by atoms with Crippen molar-refractivity contribution in [2.45, 2.75) is 39.5 Å². The Bertz CT molecular complexity index is 261. The normalized spacial score (nSPS) is 17.1. The fraction of sp³-hybridized carbons (Fsp3) is 0.545. The van der Waals surface area contributed by atoms with E-state index in [2.05, 4.69) is 6.58 Å². The van der Waals surface area contributed by atoms with Gasteiger partial charge in [-0.25, -0.2) is 0 Å². The first-order chi connectivity index (χ1) is 6.11. The molecule has 0 aromatic heterocycles. The van der Waals surface area contributed by atoms with E-state index >= 15 is 0 Å². The molecule has 0 bridgehead atoms. The summed E-state index contributed by atoms with van der Waals surface area (Å²) in [5.74, 6) is 0.613. The van der Waals surface area contributed by atoms with Crippen molar-refractivity contribution in [1.82, 2.24) is 0 Å². The molecule has 13 heavy (non-hydrogen) atoms. The van der Waals surface area contributed by atoms with Crippen LogP contribution < -0.4 is 0 Å². The monoisotopic (exact) mass is 180 g/mol. The molecule has 0 atom stereocenters. The van der Waals surface area contributed by atoms with E-state index in [4.69, 9.17) is 4.74 Å². The minimum absolute atomic E-state index is 0.226. The second-order valence-electron chi connectivity index (χ2n) is 3.48. The lowest BCUT2D eigenvalue weighted by Gasteiger charge is -2.19. The molecule has 72 valence electrons. The molecule has 1 aliphatic carbocycles. The van der Waals surface area contributed by atoms with Gasteiger partial charge in [0.2, 0.25) is 0 Å². The molecule has 0 radical (unpaired) electrons. The van der Waals surface area contributed by atoms with E-state index in [1.54, 1.807) is 0 Å². The quantitative estimate of drug-likeness (QED) is 0.611. The zero-order valence-corrected chi connectivity index (χ0v) is 8.35. The molecule has 0 fully saturated rings. The molecule has 2 heteroatoms. The SMILES string of the molecule is C=C(C)C1=C(OC(C)=O)CCCC1. The van der Waals surface area contributed by atoms with E-state index in [1.807, 2.05) is 6.92 Å². The molecular formula is C11H16O2. The van der Waals surface area contributed by atoms with Gasteiger partial charge in [0, 0.05) is 13.3 Å². The highest BCUT2D eigenvalue weighted by Crippen LogP contribution is 2.29. The molecule has 0 aliphatic heterocycles. The summed E-state index contributed by atoms with van der Waals surface area (Å²) < 4.78 is 5.14. The summed E-state index contributed by atoms with van der Waals surface area (Å²) in [6.45, 7) is 7.29. The summed E-state index contributed by atoms with van der Waals surface area (Å²) in [5.41, 5.74) is 2.16. The minimum atomic E-state index is -0.226. The second-order valence-corrected chi connectivity index (χ2v) is 3.48. The predicted octanol–water partition coefficient (Wildman–Crippen LogP) is 2.95. The van der Waals surface area contributed by atoms with Gasteiger partial charge in [-0.3, -0.25) is 4.79 Å². The highest BCUT2D eigenvalue weighted by atomic mass is 16.5. The lowest BCUT2D eigenvalue weighted by molar-refractivity contribution is -0.137. The van der Waals surface area contributed by atoms with Gasteiger partial charge in [0.1, 0.15) is 5.76 Å². The van der Waals surface area contributed by atoms with Crippen LogP contribution in [0.25, 0.3) is 0 Å². The summed E-state index contributed by atoms with van der Waals surface area (Å²) in [5, 5.41) is 0. The van der Waals surface area contributed by atoms with Crippen LogP contribution in [-0.2, 0) is 9.53 Å². The van der Waals surface area contributed by atoms with E-state index in [0.29, 0.717) is 0 Å². The molecule has 0 spiro atoms. The van der Waals surface area contributed by atoms with Crippen LogP contribution in [0.1, 0.15) is 39.5 Å². The minimum Gasteiger partial charge on any atom is -0.431 e. The van der Waals surface area contributed by atoms with Crippen LogP contribution in [0.15, 0.2) is 23.5 Å². The Morgan fingerprint density at radius 3 is 2.46 bits per heavy atom. The van der Waals surface area contributed by atoms with Crippen molar-refractivity contribution in [3.05, 3.63) is 23.5 Å². The third-order valence-electron chi connectivity index (χ3n) is 2.20. The van der Waals surface area contributed by atoms with Gasteiger partial charge in [-0.2, -0.15) is 0 Å². The van der Waals surface area contributed by atoms with Gasteiger partial charge in [-0.1, -0.05) is 12.2 Å². The molecule has 1 aliphatic rings. The van der Waals surface area contributed by atoms with Crippen molar-refractivity contribution in [3.8, 4) is 0 Å². The lowest BCUT2D eigenvalue weighted by Crippen LogP contribution is -2.07. The summed E-state index contributed by atoms with van der Waals surface area (Å²) >= 11 is 0. The van der Waals surface area contributed by atoms with E-state index in [1.165, 1.54) is 13.3 Å². The number of carbonyl (C=O) groups is 1. The number of carbonyl (C=O) groups excluding carboxylic acids is 1. The largest absolute Gasteiger partial charge is 0.431 e. The first-order valence-electron chi connectivity index (χ1n) is 4.67. The maximum Gasteiger partial charge on any atom is 0.307 e. The average molecular weight is 180 g/mol. The van der Waals surface area contributed by atoms with Crippen molar-refractivity contribution in [3.63, 3.8) is 0 Å². The van der Waals surface area contributed by atoms with Gasteiger partial charge >= 0.3 is 5.97 Å². The van der Waals surface area contributed by atoms with Crippen LogP contribution in [0.5, 0.6) is 0 Å². The molecule has 0 unspecified atom stereocenters. The van der Waals surface area contributed by atoms with Crippen LogP contribution in [0.2, 0.25) is 0 Å². The summed E-state index contributed by atoms with van der Waals surface area (Å²) in [6, 6.07) is 0. The van der Waals surface area contributed by atoms with Gasteiger partial charge in [0.05, 0.1) is 0 Å². The zero-order valence-electron chi connectivity index (χ0n) is 8.35. The third-order valence-corrected chi connectivity index (χ3v) is 2.20. The summed E-state index contributed by atoms with van der Waals surface area (Å²) in [4.78, 5) is 10.8. The van der Waals surface area contributed by atoms with E-state index in [-0.39, 0.29) is 5.97 Å². The Kier molecular flexibility index (Phi) is 3.29. The maximum atomic E-state index is 10.8.